The van der Waals surface area contributed by atoms with Crippen molar-refractivity contribution in [3.8, 4) is 11.6 Å². The molecule has 2 aromatic carbocycles. The lowest BCUT2D eigenvalue weighted by atomic mass is 10.1. The quantitative estimate of drug-likeness (QED) is 0.656. The number of hydrogen-bond donors (Lipinski definition) is 1. The van der Waals surface area contributed by atoms with Gasteiger partial charge in [-0.2, -0.15) is 0 Å². The van der Waals surface area contributed by atoms with E-state index in [0.717, 1.165) is 23.2 Å². The summed E-state index contributed by atoms with van der Waals surface area (Å²) in [5.41, 5.74) is 3.07. The van der Waals surface area contributed by atoms with Gasteiger partial charge in [0.25, 0.3) is 5.56 Å². The molecule has 1 aliphatic rings. The van der Waals surface area contributed by atoms with Gasteiger partial charge >= 0.3 is 0 Å². The van der Waals surface area contributed by atoms with Crippen LogP contribution in [-0.4, -0.2) is 20.5 Å². The topological polar surface area (TPSA) is 59.5 Å². The lowest BCUT2D eigenvalue weighted by molar-refractivity contribution is 0.398. The average molecular weight is 389 g/mol. The standard InChI is InChI=1S/C22H19N3O2S/c1-2-12-24-20(26)18(13-15-14-23-19-11-7-6-10-17(15)19)21(27)25(22(24)28)16-8-4-3-5-9-16/h3-11,13-14,26H,2,12H2,1H3/b15-13+. The van der Waals surface area contributed by atoms with E-state index >= 15 is 0 Å². The summed E-state index contributed by atoms with van der Waals surface area (Å²) in [7, 11) is 0. The number of allylic oxidation sites excluding steroid dienone is 1. The van der Waals surface area contributed by atoms with E-state index in [4.69, 9.17) is 12.2 Å². The van der Waals surface area contributed by atoms with Crippen LogP contribution in [0.5, 0.6) is 5.88 Å². The average Bonchev–Trinajstić information content (AvgIpc) is 3.12. The van der Waals surface area contributed by atoms with E-state index in [1.54, 1.807) is 16.9 Å². The van der Waals surface area contributed by atoms with Crippen molar-refractivity contribution in [1.82, 2.24) is 9.13 Å². The number of benzene rings is 2. The highest BCUT2D eigenvalue weighted by molar-refractivity contribution is 7.71. The zero-order valence-corrected chi connectivity index (χ0v) is 16.2. The fourth-order valence-corrected chi connectivity index (χ4v) is 3.69. The minimum atomic E-state index is -0.355. The summed E-state index contributed by atoms with van der Waals surface area (Å²) in [5.74, 6) is -0.116. The van der Waals surface area contributed by atoms with Crippen molar-refractivity contribution in [1.29, 1.82) is 0 Å². The molecule has 28 heavy (non-hydrogen) atoms. The van der Waals surface area contributed by atoms with Crippen molar-refractivity contribution >= 4 is 35.8 Å². The zero-order valence-electron chi connectivity index (χ0n) is 15.4. The molecule has 6 heteroatoms. The molecular weight excluding hydrogens is 370 g/mol. The SMILES string of the molecule is CCCn1c(O)c(/C=C2\C=Nc3ccccc32)c(=O)n(-c2ccccc2)c1=S. The smallest absolute Gasteiger partial charge is 0.270 e. The monoisotopic (exact) mass is 389 g/mol. The second-order valence-electron chi connectivity index (χ2n) is 6.52. The molecule has 0 aliphatic carbocycles. The zero-order chi connectivity index (χ0) is 19.7. The largest absolute Gasteiger partial charge is 0.494 e. The summed E-state index contributed by atoms with van der Waals surface area (Å²) in [4.78, 5) is 17.7. The van der Waals surface area contributed by atoms with Crippen molar-refractivity contribution in [2.45, 2.75) is 19.9 Å². The highest BCUT2D eigenvalue weighted by Gasteiger charge is 2.19. The normalized spacial score (nSPS) is 13.8. The van der Waals surface area contributed by atoms with Crippen LogP contribution < -0.4 is 5.56 Å². The summed E-state index contributed by atoms with van der Waals surface area (Å²) in [6, 6.07) is 16.9. The van der Waals surface area contributed by atoms with E-state index < -0.39 is 0 Å². The number of nitrogens with zero attached hydrogens (tertiary/aromatic N) is 3. The summed E-state index contributed by atoms with van der Waals surface area (Å²) in [6.45, 7) is 2.51. The van der Waals surface area contributed by atoms with Crippen LogP contribution in [0.1, 0.15) is 24.5 Å². The van der Waals surface area contributed by atoms with Crippen molar-refractivity contribution in [2.24, 2.45) is 4.99 Å². The van der Waals surface area contributed by atoms with E-state index in [0.29, 0.717) is 12.2 Å². The van der Waals surface area contributed by atoms with Gasteiger partial charge in [0.1, 0.15) is 5.56 Å². The van der Waals surface area contributed by atoms with E-state index in [2.05, 4.69) is 4.99 Å². The molecule has 1 aliphatic heterocycles. The molecule has 0 unspecified atom stereocenters. The number of aliphatic imine (C=N–C) groups is 1. The Labute approximate surface area is 167 Å². The molecule has 0 radical (unpaired) electrons. The lowest BCUT2D eigenvalue weighted by Gasteiger charge is -2.16. The van der Waals surface area contributed by atoms with Crippen LogP contribution in [0.25, 0.3) is 17.3 Å². The molecular formula is C22H19N3O2S. The Hall–Kier alpha value is -3.25. The van der Waals surface area contributed by atoms with E-state index in [9.17, 15) is 9.90 Å². The van der Waals surface area contributed by atoms with Crippen LogP contribution in [0.4, 0.5) is 5.69 Å². The van der Waals surface area contributed by atoms with Crippen LogP contribution in [0.2, 0.25) is 0 Å². The third-order valence-corrected chi connectivity index (χ3v) is 5.07. The van der Waals surface area contributed by atoms with Gasteiger partial charge in [-0.15, -0.1) is 0 Å². The number of fused-ring (bicyclic) bond motifs is 1. The maximum absolute atomic E-state index is 13.3. The second-order valence-corrected chi connectivity index (χ2v) is 6.89. The van der Waals surface area contributed by atoms with E-state index in [1.165, 1.54) is 4.57 Å². The van der Waals surface area contributed by atoms with Gasteiger partial charge in [-0.1, -0.05) is 43.3 Å². The van der Waals surface area contributed by atoms with Gasteiger partial charge in [-0.3, -0.25) is 18.9 Å². The fraction of sp³-hybridized carbons (Fsp3) is 0.136. The van der Waals surface area contributed by atoms with Gasteiger partial charge in [0.05, 0.1) is 11.4 Å². The summed E-state index contributed by atoms with van der Waals surface area (Å²) in [5, 5.41) is 10.9. The molecule has 2 heterocycles. The first-order valence-corrected chi connectivity index (χ1v) is 9.52. The van der Waals surface area contributed by atoms with Gasteiger partial charge in [-0.25, -0.2) is 0 Å². The molecule has 1 N–H and O–H groups in total. The van der Waals surface area contributed by atoms with Crippen molar-refractivity contribution in [3.05, 3.63) is 80.8 Å². The van der Waals surface area contributed by atoms with Gasteiger partial charge < -0.3 is 5.11 Å². The maximum Gasteiger partial charge on any atom is 0.270 e. The highest BCUT2D eigenvalue weighted by atomic mass is 32.1. The van der Waals surface area contributed by atoms with Crippen molar-refractivity contribution in [2.75, 3.05) is 0 Å². The minimum absolute atomic E-state index is 0.116. The molecule has 0 fully saturated rings. The van der Waals surface area contributed by atoms with Crippen molar-refractivity contribution < 1.29 is 5.11 Å². The molecule has 0 atom stereocenters. The first-order valence-electron chi connectivity index (χ1n) is 9.11. The third kappa shape index (κ3) is 3.01. The van der Waals surface area contributed by atoms with Crippen LogP contribution >= 0.6 is 12.2 Å². The Morgan fingerprint density at radius 3 is 2.57 bits per heavy atom. The summed E-state index contributed by atoms with van der Waals surface area (Å²) in [6.07, 6.45) is 4.17. The molecule has 4 rings (SSSR count). The van der Waals surface area contributed by atoms with Gasteiger partial charge in [0.15, 0.2) is 4.77 Å². The van der Waals surface area contributed by atoms with Gasteiger partial charge in [0, 0.05) is 23.9 Å². The number of para-hydroxylation sites is 2. The molecule has 0 amide bonds. The number of rotatable bonds is 4. The van der Waals surface area contributed by atoms with Crippen LogP contribution in [0.3, 0.4) is 0 Å². The van der Waals surface area contributed by atoms with Gasteiger partial charge in [0.2, 0.25) is 5.88 Å². The predicted octanol–water partition coefficient (Wildman–Crippen LogP) is 4.74. The number of aromatic hydroxyl groups is 1. The number of hydrogen-bond acceptors (Lipinski definition) is 4. The summed E-state index contributed by atoms with van der Waals surface area (Å²) < 4.78 is 3.35. The highest BCUT2D eigenvalue weighted by Crippen LogP contribution is 2.33. The predicted molar refractivity (Wildman–Crippen MR) is 115 cm³/mol. The first kappa shape index (κ1) is 18.1. The summed E-state index contributed by atoms with van der Waals surface area (Å²) >= 11 is 5.54. The molecule has 1 aromatic heterocycles. The van der Waals surface area contributed by atoms with E-state index in [1.807, 2.05) is 61.5 Å². The molecule has 140 valence electrons. The van der Waals surface area contributed by atoms with Crippen LogP contribution in [0.15, 0.2) is 64.4 Å². The Morgan fingerprint density at radius 1 is 1.11 bits per heavy atom. The number of aromatic nitrogens is 2. The Bertz CT molecular complexity index is 1220. The van der Waals surface area contributed by atoms with E-state index in [-0.39, 0.29) is 21.8 Å². The fourth-order valence-electron chi connectivity index (χ4n) is 3.33. The molecule has 5 nitrogen and oxygen atoms in total. The molecule has 0 bridgehead atoms. The molecule has 0 spiro atoms. The maximum atomic E-state index is 13.3. The molecule has 0 saturated heterocycles. The third-order valence-electron chi connectivity index (χ3n) is 4.67. The Balaban J connectivity index is 2.00. The van der Waals surface area contributed by atoms with Crippen LogP contribution in [0, 0.1) is 4.77 Å². The Morgan fingerprint density at radius 2 is 1.82 bits per heavy atom. The lowest BCUT2D eigenvalue weighted by Crippen LogP contribution is -2.26. The van der Waals surface area contributed by atoms with Gasteiger partial charge in [-0.05, 0) is 42.9 Å². The second kappa shape index (κ2) is 7.40. The van der Waals surface area contributed by atoms with Crippen molar-refractivity contribution in [3.63, 3.8) is 0 Å². The molecule has 0 saturated carbocycles. The minimum Gasteiger partial charge on any atom is -0.494 e. The Kier molecular flexibility index (Phi) is 4.79. The van der Waals surface area contributed by atoms with Crippen LogP contribution in [-0.2, 0) is 6.54 Å². The first-order chi connectivity index (χ1) is 13.6. The molecule has 3 aromatic rings.